The zero-order chi connectivity index (χ0) is 13.1. The molecule has 0 spiro atoms. The molecule has 0 aromatic rings. The molecule has 3 N–H and O–H groups in total. The van der Waals surface area contributed by atoms with Crippen LogP contribution < -0.4 is 10.6 Å². The van der Waals surface area contributed by atoms with Crippen LogP contribution in [-0.4, -0.2) is 47.7 Å². The molecule has 7 heteroatoms. The SMILES string of the molecule is CNCC(=O)NC1(C(=O)O)C(=O)CCCC1=O. The van der Waals surface area contributed by atoms with Gasteiger partial charge in [-0.1, -0.05) is 0 Å². The molecule has 1 aliphatic rings. The van der Waals surface area contributed by atoms with Crippen LogP contribution in [-0.2, 0) is 19.2 Å². The van der Waals surface area contributed by atoms with E-state index in [0.29, 0.717) is 6.42 Å². The largest absolute Gasteiger partial charge is 0.479 e. The van der Waals surface area contributed by atoms with Gasteiger partial charge in [-0.05, 0) is 13.5 Å². The summed E-state index contributed by atoms with van der Waals surface area (Å²) in [5, 5.41) is 13.6. The second kappa shape index (κ2) is 5.05. The van der Waals surface area contributed by atoms with E-state index in [1.54, 1.807) is 0 Å². The van der Waals surface area contributed by atoms with Crippen LogP contribution in [0.15, 0.2) is 0 Å². The quantitative estimate of drug-likeness (QED) is 0.515. The first-order valence-corrected chi connectivity index (χ1v) is 5.20. The van der Waals surface area contributed by atoms with Gasteiger partial charge in [0.2, 0.25) is 5.91 Å². The Labute approximate surface area is 97.6 Å². The number of carboxylic acid groups (broad SMARTS) is 1. The third-order valence-electron chi connectivity index (χ3n) is 2.63. The number of carbonyl (C=O) groups excluding carboxylic acids is 3. The molecule has 0 atom stereocenters. The lowest BCUT2D eigenvalue weighted by molar-refractivity contribution is -0.158. The van der Waals surface area contributed by atoms with E-state index in [9.17, 15) is 19.2 Å². The maximum atomic E-state index is 11.7. The molecule has 0 bridgehead atoms. The van der Waals surface area contributed by atoms with Gasteiger partial charge in [-0.3, -0.25) is 14.4 Å². The van der Waals surface area contributed by atoms with E-state index >= 15 is 0 Å². The van der Waals surface area contributed by atoms with E-state index in [1.807, 2.05) is 5.32 Å². The Hall–Kier alpha value is -1.76. The van der Waals surface area contributed by atoms with Crippen molar-refractivity contribution in [3.8, 4) is 0 Å². The van der Waals surface area contributed by atoms with Gasteiger partial charge >= 0.3 is 5.97 Å². The van der Waals surface area contributed by atoms with Crippen LogP contribution in [0.1, 0.15) is 19.3 Å². The normalized spacial score (nSPS) is 18.9. The summed E-state index contributed by atoms with van der Waals surface area (Å²) in [7, 11) is 1.50. The molecule has 0 radical (unpaired) electrons. The molecule has 0 aromatic heterocycles. The topological polar surface area (TPSA) is 113 Å². The van der Waals surface area contributed by atoms with Gasteiger partial charge in [0.15, 0.2) is 11.6 Å². The van der Waals surface area contributed by atoms with Crippen LogP contribution in [0.25, 0.3) is 0 Å². The van der Waals surface area contributed by atoms with Gasteiger partial charge in [0, 0.05) is 12.8 Å². The first kappa shape index (κ1) is 13.3. The molecular weight excluding hydrogens is 228 g/mol. The van der Waals surface area contributed by atoms with Gasteiger partial charge in [0.05, 0.1) is 6.54 Å². The highest BCUT2D eigenvalue weighted by atomic mass is 16.4. The Morgan fingerprint density at radius 2 is 1.82 bits per heavy atom. The molecule has 0 heterocycles. The predicted octanol–water partition coefficient (Wildman–Crippen LogP) is -1.53. The smallest absolute Gasteiger partial charge is 0.345 e. The number of Topliss-reactive ketones (excluding diaryl/α,β-unsaturated/α-hetero) is 2. The highest BCUT2D eigenvalue weighted by molar-refractivity contribution is 6.29. The number of likely N-dealkylation sites (N-methyl/N-ethyl adjacent to an activating group) is 1. The highest BCUT2D eigenvalue weighted by Gasteiger charge is 2.54. The molecule has 0 aliphatic heterocycles. The summed E-state index contributed by atoms with van der Waals surface area (Å²) in [6.07, 6.45) is 0.296. The zero-order valence-electron chi connectivity index (χ0n) is 9.41. The third kappa shape index (κ3) is 2.33. The zero-order valence-corrected chi connectivity index (χ0v) is 9.41. The van der Waals surface area contributed by atoms with Gasteiger partial charge < -0.3 is 15.7 Å². The lowest BCUT2D eigenvalue weighted by Gasteiger charge is -2.30. The van der Waals surface area contributed by atoms with E-state index in [-0.39, 0.29) is 19.4 Å². The van der Waals surface area contributed by atoms with Crippen molar-refractivity contribution in [2.24, 2.45) is 0 Å². The van der Waals surface area contributed by atoms with Crippen molar-refractivity contribution >= 4 is 23.4 Å². The van der Waals surface area contributed by atoms with Crippen molar-refractivity contribution in [3.05, 3.63) is 0 Å². The number of amides is 1. The maximum Gasteiger partial charge on any atom is 0.345 e. The highest BCUT2D eigenvalue weighted by Crippen LogP contribution is 2.22. The number of ketones is 2. The average Bonchev–Trinajstić information content (AvgIpc) is 2.23. The van der Waals surface area contributed by atoms with Crippen molar-refractivity contribution in [2.75, 3.05) is 13.6 Å². The standard InChI is InChI=1S/C10H14N2O5/c1-11-5-8(15)12-10(9(16)17)6(13)3-2-4-7(10)14/h11H,2-5H2,1H3,(H,12,15)(H,16,17). The van der Waals surface area contributed by atoms with Crippen LogP contribution in [0.2, 0.25) is 0 Å². The molecule has 1 amide bonds. The van der Waals surface area contributed by atoms with Crippen LogP contribution in [0, 0.1) is 0 Å². The summed E-state index contributed by atoms with van der Waals surface area (Å²) < 4.78 is 0. The number of hydrogen-bond acceptors (Lipinski definition) is 5. The summed E-state index contributed by atoms with van der Waals surface area (Å²) in [6, 6.07) is 0. The van der Waals surface area contributed by atoms with E-state index < -0.39 is 29.0 Å². The van der Waals surface area contributed by atoms with Gasteiger partial charge in [-0.2, -0.15) is 0 Å². The van der Waals surface area contributed by atoms with E-state index in [4.69, 9.17) is 5.11 Å². The fraction of sp³-hybridized carbons (Fsp3) is 0.600. The fourth-order valence-corrected chi connectivity index (χ4v) is 1.79. The Morgan fingerprint density at radius 1 is 1.29 bits per heavy atom. The Balaban J connectivity index is 3.03. The number of carboxylic acids is 1. The minimum atomic E-state index is -2.38. The second-order valence-electron chi connectivity index (χ2n) is 3.83. The van der Waals surface area contributed by atoms with Crippen LogP contribution in [0.5, 0.6) is 0 Å². The molecule has 94 valence electrons. The molecule has 7 nitrogen and oxygen atoms in total. The van der Waals surface area contributed by atoms with E-state index in [0.717, 1.165) is 0 Å². The maximum absolute atomic E-state index is 11.7. The van der Waals surface area contributed by atoms with Gasteiger partial charge in [-0.15, -0.1) is 0 Å². The summed E-state index contributed by atoms with van der Waals surface area (Å²) in [5.74, 6) is -3.83. The van der Waals surface area contributed by atoms with Crippen molar-refractivity contribution in [2.45, 2.75) is 24.8 Å². The predicted molar refractivity (Wildman–Crippen MR) is 56.3 cm³/mol. The first-order valence-electron chi connectivity index (χ1n) is 5.20. The molecular formula is C10H14N2O5. The molecule has 17 heavy (non-hydrogen) atoms. The lowest BCUT2D eigenvalue weighted by Crippen LogP contribution is -2.67. The minimum absolute atomic E-state index is 0.0160. The Morgan fingerprint density at radius 3 is 2.24 bits per heavy atom. The van der Waals surface area contributed by atoms with E-state index in [1.165, 1.54) is 7.05 Å². The summed E-state index contributed by atoms with van der Waals surface area (Å²) in [4.78, 5) is 45.9. The van der Waals surface area contributed by atoms with Crippen LogP contribution in [0.4, 0.5) is 0 Å². The van der Waals surface area contributed by atoms with Crippen LogP contribution >= 0.6 is 0 Å². The number of rotatable bonds is 4. The molecule has 1 saturated carbocycles. The summed E-state index contributed by atoms with van der Waals surface area (Å²) in [6.45, 7) is -0.157. The first-order chi connectivity index (χ1) is 7.95. The minimum Gasteiger partial charge on any atom is -0.479 e. The number of carbonyl (C=O) groups is 4. The number of hydrogen-bond donors (Lipinski definition) is 3. The number of aliphatic carboxylic acids is 1. The van der Waals surface area contributed by atoms with Crippen molar-refractivity contribution < 1.29 is 24.3 Å². The molecule has 0 unspecified atom stereocenters. The average molecular weight is 242 g/mol. The van der Waals surface area contributed by atoms with Crippen LogP contribution in [0.3, 0.4) is 0 Å². The summed E-state index contributed by atoms with van der Waals surface area (Å²) >= 11 is 0. The van der Waals surface area contributed by atoms with E-state index in [2.05, 4.69) is 5.32 Å². The second-order valence-corrected chi connectivity index (χ2v) is 3.83. The van der Waals surface area contributed by atoms with Crippen molar-refractivity contribution in [1.82, 2.24) is 10.6 Å². The third-order valence-corrected chi connectivity index (χ3v) is 2.63. The fourth-order valence-electron chi connectivity index (χ4n) is 1.79. The summed E-state index contributed by atoms with van der Waals surface area (Å²) in [5.41, 5.74) is -2.38. The molecule has 0 aromatic carbocycles. The molecule has 1 rings (SSSR count). The lowest BCUT2D eigenvalue weighted by atomic mass is 9.79. The van der Waals surface area contributed by atoms with Crippen molar-refractivity contribution in [1.29, 1.82) is 0 Å². The Bertz CT molecular complexity index is 361. The van der Waals surface area contributed by atoms with Gasteiger partial charge in [-0.25, -0.2) is 4.79 Å². The Kier molecular flexibility index (Phi) is 3.95. The van der Waals surface area contributed by atoms with Gasteiger partial charge in [0.1, 0.15) is 0 Å². The number of nitrogens with one attached hydrogen (secondary N) is 2. The molecule has 1 aliphatic carbocycles. The monoisotopic (exact) mass is 242 g/mol. The molecule has 1 fully saturated rings. The van der Waals surface area contributed by atoms with Gasteiger partial charge in [0.25, 0.3) is 5.54 Å². The molecule has 0 saturated heterocycles. The van der Waals surface area contributed by atoms with Crippen molar-refractivity contribution in [3.63, 3.8) is 0 Å².